The highest BCUT2D eigenvalue weighted by molar-refractivity contribution is 5.76. The molecule has 1 unspecified atom stereocenters. The van der Waals surface area contributed by atoms with Crippen LogP contribution in [-0.2, 0) is 11.3 Å². The van der Waals surface area contributed by atoms with E-state index in [9.17, 15) is 4.79 Å². The smallest absolute Gasteiger partial charge is 0.241 e. The first kappa shape index (κ1) is 14.5. The van der Waals surface area contributed by atoms with E-state index in [0.717, 1.165) is 17.8 Å². The van der Waals surface area contributed by atoms with Gasteiger partial charge in [0.25, 0.3) is 0 Å². The van der Waals surface area contributed by atoms with Crippen LogP contribution in [0.1, 0.15) is 31.2 Å². The zero-order valence-corrected chi connectivity index (χ0v) is 11.2. The molecule has 0 radical (unpaired) electrons. The molecule has 0 aliphatic heterocycles. The topological polar surface area (TPSA) is 93.2 Å². The number of nitrogens with one attached hydrogen (secondary N) is 1. The Labute approximate surface area is 107 Å². The summed E-state index contributed by atoms with van der Waals surface area (Å²) < 4.78 is 1.61. The molecular weight excluding hydrogens is 232 g/mol. The van der Waals surface area contributed by atoms with E-state index in [1.165, 1.54) is 0 Å². The van der Waals surface area contributed by atoms with Crippen LogP contribution < -0.4 is 11.1 Å². The van der Waals surface area contributed by atoms with Crippen molar-refractivity contribution < 1.29 is 9.90 Å². The molecule has 6 nitrogen and oxygen atoms in total. The fourth-order valence-electron chi connectivity index (χ4n) is 1.79. The third kappa shape index (κ3) is 3.73. The highest BCUT2D eigenvalue weighted by Gasteiger charge is 2.12. The van der Waals surface area contributed by atoms with Crippen molar-refractivity contribution in [1.82, 2.24) is 15.1 Å². The second-order valence-corrected chi connectivity index (χ2v) is 4.58. The summed E-state index contributed by atoms with van der Waals surface area (Å²) in [6.07, 6.45) is 1.45. The number of aromatic nitrogens is 2. The normalized spacial score (nSPS) is 12.4. The van der Waals surface area contributed by atoms with Gasteiger partial charge in [-0.05, 0) is 33.6 Å². The van der Waals surface area contributed by atoms with E-state index in [1.54, 1.807) is 4.68 Å². The van der Waals surface area contributed by atoms with Crippen LogP contribution in [0.15, 0.2) is 0 Å². The van der Waals surface area contributed by atoms with Crippen LogP contribution in [0.4, 0.5) is 5.69 Å². The van der Waals surface area contributed by atoms with E-state index in [1.807, 2.05) is 20.8 Å². The maximum absolute atomic E-state index is 11.8. The first-order valence-electron chi connectivity index (χ1n) is 6.15. The molecule has 1 heterocycles. The van der Waals surface area contributed by atoms with Gasteiger partial charge in [0.05, 0.1) is 17.1 Å². The van der Waals surface area contributed by atoms with Gasteiger partial charge in [-0.2, -0.15) is 5.10 Å². The number of anilines is 1. The quantitative estimate of drug-likeness (QED) is 0.683. The Bertz CT molecular complexity index is 414. The second kappa shape index (κ2) is 6.39. The number of aryl methyl sites for hydroxylation is 1. The van der Waals surface area contributed by atoms with E-state index in [4.69, 9.17) is 10.8 Å². The molecule has 1 atom stereocenters. The van der Waals surface area contributed by atoms with Crippen LogP contribution >= 0.6 is 0 Å². The third-order valence-corrected chi connectivity index (χ3v) is 2.93. The van der Waals surface area contributed by atoms with Gasteiger partial charge in [-0.3, -0.25) is 9.48 Å². The lowest BCUT2D eigenvalue weighted by molar-refractivity contribution is -0.122. The zero-order valence-electron chi connectivity index (χ0n) is 11.2. The first-order chi connectivity index (χ1) is 8.45. The summed E-state index contributed by atoms with van der Waals surface area (Å²) in [7, 11) is 0. The summed E-state index contributed by atoms with van der Waals surface area (Å²) in [4.78, 5) is 11.8. The third-order valence-electron chi connectivity index (χ3n) is 2.93. The highest BCUT2D eigenvalue weighted by atomic mass is 16.3. The molecule has 4 N–H and O–H groups in total. The SMILES string of the molecule is Cc1nn(CC(=O)NC(C)CCCO)c(C)c1N. The number of nitrogens with zero attached hydrogens (tertiary/aromatic N) is 2. The Kier molecular flexibility index (Phi) is 5.15. The minimum Gasteiger partial charge on any atom is -0.396 e. The number of rotatable bonds is 6. The summed E-state index contributed by atoms with van der Waals surface area (Å²) in [6.45, 7) is 5.91. The molecule has 1 rings (SSSR count). The van der Waals surface area contributed by atoms with Gasteiger partial charge in [0.1, 0.15) is 6.54 Å². The van der Waals surface area contributed by atoms with Crippen LogP contribution in [0.25, 0.3) is 0 Å². The van der Waals surface area contributed by atoms with Crippen LogP contribution in [0, 0.1) is 13.8 Å². The number of hydrogen-bond acceptors (Lipinski definition) is 4. The van der Waals surface area contributed by atoms with E-state index in [2.05, 4.69) is 10.4 Å². The second-order valence-electron chi connectivity index (χ2n) is 4.58. The number of aliphatic hydroxyl groups excluding tert-OH is 1. The summed E-state index contributed by atoms with van der Waals surface area (Å²) in [5.74, 6) is -0.0916. The molecule has 0 fully saturated rings. The predicted octanol–water partition coefficient (Wildman–Crippen LogP) is 0.359. The fraction of sp³-hybridized carbons (Fsp3) is 0.667. The average molecular weight is 254 g/mol. The summed E-state index contributed by atoms with van der Waals surface area (Å²) in [6, 6.07) is 0.0546. The van der Waals surface area contributed by atoms with Crippen molar-refractivity contribution in [2.75, 3.05) is 12.3 Å². The molecular formula is C12H22N4O2. The van der Waals surface area contributed by atoms with Gasteiger partial charge in [-0.1, -0.05) is 0 Å². The molecule has 6 heteroatoms. The molecule has 0 saturated carbocycles. The van der Waals surface area contributed by atoms with Crippen molar-refractivity contribution in [2.24, 2.45) is 0 Å². The van der Waals surface area contributed by atoms with Gasteiger partial charge in [0.2, 0.25) is 5.91 Å². The lowest BCUT2D eigenvalue weighted by Gasteiger charge is -2.13. The molecule has 1 aromatic rings. The van der Waals surface area contributed by atoms with Gasteiger partial charge in [-0.25, -0.2) is 0 Å². The van der Waals surface area contributed by atoms with E-state index >= 15 is 0 Å². The van der Waals surface area contributed by atoms with E-state index in [0.29, 0.717) is 12.1 Å². The van der Waals surface area contributed by atoms with Crippen molar-refractivity contribution in [3.05, 3.63) is 11.4 Å². The fourth-order valence-corrected chi connectivity index (χ4v) is 1.79. The molecule has 0 aromatic carbocycles. The van der Waals surface area contributed by atoms with Crippen LogP contribution in [-0.4, -0.2) is 33.4 Å². The molecule has 0 spiro atoms. The maximum Gasteiger partial charge on any atom is 0.241 e. The largest absolute Gasteiger partial charge is 0.396 e. The Balaban J connectivity index is 2.51. The minimum atomic E-state index is -0.0916. The predicted molar refractivity (Wildman–Crippen MR) is 70.0 cm³/mol. The van der Waals surface area contributed by atoms with E-state index in [-0.39, 0.29) is 25.1 Å². The summed E-state index contributed by atoms with van der Waals surface area (Å²) in [5, 5.41) is 15.8. The first-order valence-corrected chi connectivity index (χ1v) is 6.15. The monoisotopic (exact) mass is 254 g/mol. The Morgan fingerprint density at radius 2 is 2.22 bits per heavy atom. The van der Waals surface area contributed by atoms with Crippen LogP contribution in [0.5, 0.6) is 0 Å². The molecule has 0 aliphatic rings. The average Bonchev–Trinajstić information content (AvgIpc) is 2.54. The van der Waals surface area contributed by atoms with Gasteiger partial charge < -0.3 is 16.2 Å². The number of aliphatic hydroxyl groups is 1. The molecule has 0 bridgehead atoms. The van der Waals surface area contributed by atoms with Gasteiger partial charge in [-0.15, -0.1) is 0 Å². The van der Waals surface area contributed by atoms with Crippen LogP contribution in [0.2, 0.25) is 0 Å². The Hall–Kier alpha value is -1.56. The number of nitrogens with two attached hydrogens (primary N) is 1. The standard InChI is InChI=1S/C12H22N4O2/c1-8(5-4-6-17)14-11(18)7-16-10(3)12(13)9(2)15-16/h8,17H,4-7,13H2,1-3H3,(H,14,18). The van der Waals surface area contributed by atoms with Crippen molar-refractivity contribution in [3.63, 3.8) is 0 Å². The number of carbonyl (C=O) groups is 1. The summed E-state index contributed by atoms with van der Waals surface area (Å²) in [5.41, 5.74) is 7.99. The van der Waals surface area contributed by atoms with Crippen molar-refractivity contribution in [3.8, 4) is 0 Å². The zero-order chi connectivity index (χ0) is 13.7. The molecule has 102 valence electrons. The van der Waals surface area contributed by atoms with Crippen molar-refractivity contribution in [1.29, 1.82) is 0 Å². The molecule has 0 saturated heterocycles. The number of amides is 1. The Morgan fingerprint density at radius 1 is 1.56 bits per heavy atom. The van der Waals surface area contributed by atoms with Crippen molar-refractivity contribution >= 4 is 11.6 Å². The number of hydrogen-bond donors (Lipinski definition) is 3. The van der Waals surface area contributed by atoms with E-state index < -0.39 is 0 Å². The molecule has 18 heavy (non-hydrogen) atoms. The van der Waals surface area contributed by atoms with Crippen LogP contribution in [0.3, 0.4) is 0 Å². The highest BCUT2D eigenvalue weighted by Crippen LogP contribution is 2.14. The summed E-state index contributed by atoms with van der Waals surface area (Å²) >= 11 is 0. The molecule has 1 aromatic heterocycles. The number of carbonyl (C=O) groups excluding carboxylic acids is 1. The molecule has 1 amide bonds. The minimum absolute atomic E-state index is 0.0546. The number of nitrogen functional groups attached to an aromatic ring is 1. The lowest BCUT2D eigenvalue weighted by atomic mass is 10.2. The van der Waals surface area contributed by atoms with Gasteiger partial charge in [0, 0.05) is 12.6 Å². The lowest BCUT2D eigenvalue weighted by Crippen LogP contribution is -2.35. The molecule has 0 aliphatic carbocycles. The Morgan fingerprint density at radius 3 is 2.72 bits per heavy atom. The maximum atomic E-state index is 11.8. The van der Waals surface area contributed by atoms with Crippen molar-refractivity contribution in [2.45, 2.75) is 46.2 Å². The van der Waals surface area contributed by atoms with Gasteiger partial charge in [0.15, 0.2) is 0 Å². The van der Waals surface area contributed by atoms with Gasteiger partial charge >= 0.3 is 0 Å².